The van der Waals surface area contributed by atoms with Crippen molar-refractivity contribution in [2.45, 2.75) is 32.6 Å². The lowest BCUT2D eigenvalue weighted by atomic mass is 9.94. The third-order valence-electron chi connectivity index (χ3n) is 5.12. The molecule has 2 N–H and O–H groups in total. The quantitative estimate of drug-likeness (QED) is 0.468. The molecular formula is C25H30N2O3Si. The van der Waals surface area contributed by atoms with Gasteiger partial charge in [-0.2, -0.15) is 0 Å². The predicted molar refractivity (Wildman–Crippen MR) is 129 cm³/mol. The number of carbonyl (C=O) groups is 2. The van der Waals surface area contributed by atoms with Crippen molar-refractivity contribution in [3.05, 3.63) is 77.5 Å². The van der Waals surface area contributed by atoms with Crippen LogP contribution in [0.2, 0.25) is 25.7 Å². The first-order chi connectivity index (χ1) is 14.8. The number of rotatable bonds is 7. The second-order valence-electron chi connectivity index (χ2n) is 8.88. The Kier molecular flexibility index (Phi) is 7.12. The summed E-state index contributed by atoms with van der Waals surface area (Å²) in [5, 5.41) is 6.09. The van der Waals surface area contributed by atoms with E-state index in [1.165, 1.54) is 0 Å². The zero-order valence-electron chi connectivity index (χ0n) is 18.6. The number of carbonyl (C=O) groups excluding carboxylic acids is 2. The number of esters is 1. The van der Waals surface area contributed by atoms with Crippen molar-refractivity contribution in [2.75, 3.05) is 18.5 Å². The summed E-state index contributed by atoms with van der Waals surface area (Å²) >= 11 is 0. The molecule has 6 heteroatoms. The normalized spacial score (nSPS) is 13.2. The van der Waals surface area contributed by atoms with Gasteiger partial charge in [0.25, 0.3) is 5.91 Å². The first-order valence-corrected chi connectivity index (χ1v) is 14.2. The Balaban J connectivity index is 1.98. The van der Waals surface area contributed by atoms with Gasteiger partial charge in [-0.25, -0.2) is 4.79 Å². The van der Waals surface area contributed by atoms with E-state index < -0.39 is 8.07 Å². The highest BCUT2D eigenvalue weighted by Crippen LogP contribution is 2.35. The number of dihydropyridines is 1. The van der Waals surface area contributed by atoms with Crippen LogP contribution >= 0.6 is 0 Å². The maximum absolute atomic E-state index is 13.0. The lowest BCUT2D eigenvalue weighted by molar-refractivity contribution is -0.112. The molecule has 1 amide bonds. The minimum Gasteiger partial charge on any atom is -0.462 e. The van der Waals surface area contributed by atoms with Crippen molar-refractivity contribution < 1.29 is 14.3 Å². The summed E-state index contributed by atoms with van der Waals surface area (Å²) in [6.07, 6.45) is 5.39. The molecule has 2 aromatic rings. The van der Waals surface area contributed by atoms with Crippen molar-refractivity contribution in [2.24, 2.45) is 0 Å². The molecule has 0 spiro atoms. The Bertz CT molecular complexity index is 1020. The number of aryl methyl sites for hydroxylation is 1. The molecule has 31 heavy (non-hydrogen) atoms. The first kappa shape index (κ1) is 22.6. The first-order valence-electron chi connectivity index (χ1n) is 10.5. The summed E-state index contributed by atoms with van der Waals surface area (Å²) < 4.78 is 5.64. The van der Waals surface area contributed by atoms with E-state index in [2.05, 4.69) is 30.3 Å². The molecule has 1 heterocycles. The largest absolute Gasteiger partial charge is 0.462 e. The number of benzene rings is 2. The standard InChI is InChI=1S/C25H30N2O3Si/c1-18-12-13-21(25(29)30-15-16-31(2,3)4)22(19-9-6-5-7-10-19)23(18)27-24(28)20-11-8-14-26-17-20/h5-14,26H,15-17H2,1-4H3,(H,27,28). The minimum atomic E-state index is -1.32. The molecule has 5 nitrogen and oxygen atoms in total. The molecule has 0 bridgehead atoms. The average Bonchev–Trinajstić information content (AvgIpc) is 2.75. The minimum absolute atomic E-state index is 0.193. The average molecular weight is 435 g/mol. The maximum atomic E-state index is 13.0. The zero-order chi connectivity index (χ0) is 22.4. The topological polar surface area (TPSA) is 67.4 Å². The van der Waals surface area contributed by atoms with Gasteiger partial charge in [-0.3, -0.25) is 4.79 Å². The number of anilines is 1. The second-order valence-corrected chi connectivity index (χ2v) is 14.5. The highest BCUT2D eigenvalue weighted by atomic mass is 28.3. The number of hydrogen-bond acceptors (Lipinski definition) is 4. The highest BCUT2D eigenvalue weighted by Gasteiger charge is 2.23. The molecule has 0 unspecified atom stereocenters. The SMILES string of the molecule is Cc1ccc(C(=O)OCC[Si](C)(C)C)c(-c2ccccc2)c1NC(=O)C1=CC=CNC1. The number of nitrogens with one attached hydrogen (secondary N) is 2. The molecule has 0 aromatic heterocycles. The van der Waals surface area contributed by atoms with Crippen LogP contribution in [0.4, 0.5) is 5.69 Å². The Morgan fingerprint density at radius 3 is 2.48 bits per heavy atom. The molecule has 0 fully saturated rings. The van der Waals surface area contributed by atoms with Crippen molar-refractivity contribution in [1.29, 1.82) is 0 Å². The van der Waals surface area contributed by atoms with Crippen LogP contribution in [-0.2, 0) is 9.53 Å². The maximum Gasteiger partial charge on any atom is 0.338 e. The molecule has 2 aromatic carbocycles. The van der Waals surface area contributed by atoms with E-state index in [9.17, 15) is 9.59 Å². The Morgan fingerprint density at radius 2 is 1.84 bits per heavy atom. The predicted octanol–water partition coefficient (Wildman–Crippen LogP) is 5.14. The van der Waals surface area contributed by atoms with Gasteiger partial charge in [0, 0.05) is 25.8 Å². The lowest BCUT2D eigenvalue weighted by Crippen LogP contribution is -2.25. The number of hydrogen-bond donors (Lipinski definition) is 2. The summed E-state index contributed by atoms with van der Waals surface area (Å²) in [7, 11) is -1.32. The van der Waals surface area contributed by atoms with Crippen LogP contribution in [0.1, 0.15) is 15.9 Å². The van der Waals surface area contributed by atoms with Crippen molar-refractivity contribution >= 4 is 25.6 Å². The van der Waals surface area contributed by atoms with E-state index in [1.807, 2.05) is 43.3 Å². The third-order valence-corrected chi connectivity index (χ3v) is 6.82. The van der Waals surface area contributed by atoms with Gasteiger partial charge in [0.1, 0.15) is 0 Å². The van der Waals surface area contributed by atoms with E-state index in [0.717, 1.165) is 17.2 Å². The van der Waals surface area contributed by atoms with E-state index in [4.69, 9.17) is 4.74 Å². The molecule has 0 saturated heterocycles. The summed E-state index contributed by atoms with van der Waals surface area (Å²) in [6, 6.07) is 14.2. The molecule has 3 rings (SSSR count). The van der Waals surface area contributed by atoms with Gasteiger partial charge in [0.2, 0.25) is 0 Å². The van der Waals surface area contributed by atoms with Gasteiger partial charge < -0.3 is 15.4 Å². The fourth-order valence-corrected chi connectivity index (χ4v) is 3.99. The van der Waals surface area contributed by atoms with Crippen LogP contribution < -0.4 is 10.6 Å². The van der Waals surface area contributed by atoms with Crippen LogP contribution in [0.25, 0.3) is 11.1 Å². The lowest BCUT2D eigenvalue weighted by Gasteiger charge is -2.20. The molecule has 0 aliphatic carbocycles. The van der Waals surface area contributed by atoms with Crippen molar-refractivity contribution in [1.82, 2.24) is 5.32 Å². The molecule has 162 valence electrons. The van der Waals surface area contributed by atoms with Gasteiger partial charge in [0.15, 0.2) is 0 Å². The summed E-state index contributed by atoms with van der Waals surface area (Å²) in [5.41, 5.74) is 4.14. The molecule has 0 atom stereocenters. The van der Waals surface area contributed by atoms with Gasteiger partial charge in [-0.15, -0.1) is 0 Å². The van der Waals surface area contributed by atoms with E-state index in [1.54, 1.807) is 24.4 Å². The Labute approximate surface area is 185 Å². The van der Waals surface area contributed by atoms with E-state index >= 15 is 0 Å². The van der Waals surface area contributed by atoms with Gasteiger partial charge >= 0.3 is 5.97 Å². The summed E-state index contributed by atoms with van der Waals surface area (Å²) in [6.45, 7) is 9.54. The van der Waals surface area contributed by atoms with Gasteiger partial charge in [-0.05, 0) is 42.4 Å². The second kappa shape index (κ2) is 9.79. The zero-order valence-corrected chi connectivity index (χ0v) is 19.6. The van der Waals surface area contributed by atoms with Crippen LogP contribution in [0.15, 0.2) is 66.4 Å². The fraction of sp³-hybridized carbons (Fsp3) is 0.280. The molecule has 0 saturated carbocycles. The Morgan fingerprint density at radius 1 is 1.10 bits per heavy atom. The molecule has 1 aliphatic heterocycles. The smallest absolute Gasteiger partial charge is 0.338 e. The number of amides is 1. The number of allylic oxidation sites excluding steroid dienone is 2. The van der Waals surface area contributed by atoms with E-state index in [-0.39, 0.29) is 11.9 Å². The van der Waals surface area contributed by atoms with Crippen LogP contribution in [0, 0.1) is 6.92 Å². The highest BCUT2D eigenvalue weighted by molar-refractivity contribution is 6.76. The fourth-order valence-electron chi connectivity index (χ4n) is 3.28. The van der Waals surface area contributed by atoms with Crippen molar-refractivity contribution in [3.63, 3.8) is 0 Å². The third kappa shape index (κ3) is 5.95. The molecular weight excluding hydrogens is 404 g/mol. The van der Waals surface area contributed by atoms with Crippen LogP contribution in [0.3, 0.4) is 0 Å². The van der Waals surface area contributed by atoms with Crippen LogP contribution in [0.5, 0.6) is 0 Å². The summed E-state index contributed by atoms with van der Waals surface area (Å²) in [5.74, 6) is -0.560. The summed E-state index contributed by atoms with van der Waals surface area (Å²) in [4.78, 5) is 25.9. The van der Waals surface area contributed by atoms with E-state index in [0.29, 0.717) is 35.5 Å². The number of ether oxygens (including phenoxy) is 1. The monoisotopic (exact) mass is 434 g/mol. The van der Waals surface area contributed by atoms with Crippen LogP contribution in [-0.4, -0.2) is 33.1 Å². The van der Waals surface area contributed by atoms with Crippen molar-refractivity contribution in [3.8, 4) is 11.1 Å². The molecule has 0 radical (unpaired) electrons. The molecule has 1 aliphatic rings. The Hall–Kier alpha value is -3.12. The van der Waals surface area contributed by atoms with Gasteiger partial charge in [0.05, 0.1) is 17.9 Å². The van der Waals surface area contributed by atoms with Gasteiger partial charge in [-0.1, -0.05) is 62.1 Å².